The van der Waals surface area contributed by atoms with E-state index in [1.54, 1.807) is 6.20 Å². The van der Waals surface area contributed by atoms with Crippen LogP contribution in [0.2, 0.25) is 0 Å². The molecule has 0 atom stereocenters. The third kappa shape index (κ3) is 3.01. The van der Waals surface area contributed by atoms with E-state index in [-0.39, 0.29) is 6.10 Å². The van der Waals surface area contributed by atoms with Crippen molar-refractivity contribution < 1.29 is 4.74 Å². The third-order valence-electron chi connectivity index (χ3n) is 1.68. The molecule has 1 heterocycles. The fourth-order valence-electron chi connectivity index (χ4n) is 0.976. The first-order valence-corrected chi connectivity index (χ1v) is 4.59. The molecule has 1 aromatic heterocycles. The van der Waals surface area contributed by atoms with E-state index in [9.17, 15) is 0 Å². The molecule has 1 rings (SSSR count). The van der Waals surface area contributed by atoms with Gasteiger partial charge in [-0.3, -0.25) is 0 Å². The molecule has 0 aromatic carbocycles. The number of rotatable bonds is 3. The smallest absolute Gasteiger partial charge is 0.233 e. The molecule has 0 radical (unpaired) electrons. The Morgan fingerprint density at radius 2 is 1.92 bits per heavy atom. The standard InChI is InChI=1S/C10H16N2O/c1-7(2)9-5-10(12-11-6-9)13-8(3)4/h5-8H,1-4H3. The summed E-state index contributed by atoms with van der Waals surface area (Å²) in [6.07, 6.45) is 1.93. The topological polar surface area (TPSA) is 35.0 Å². The second-order valence-corrected chi connectivity index (χ2v) is 3.65. The van der Waals surface area contributed by atoms with Crippen LogP contribution in [0.5, 0.6) is 5.88 Å². The molecule has 0 unspecified atom stereocenters. The molecule has 0 aliphatic rings. The second-order valence-electron chi connectivity index (χ2n) is 3.65. The maximum atomic E-state index is 5.43. The summed E-state index contributed by atoms with van der Waals surface area (Å²) in [6, 6.07) is 1.94. The lowest BCUT2D eigenvalue weighted by Crippen LogP contribution is -2.08. The van der Waals surface area contributed by atoms with Gasteiger partial charge in [-0.15, -0.1) is 5.10 Å². The molecule has 13 heavy (non-hydrogen) atoms. The van der Waals surface area contributed by atoms with E-state index in [1.807, 2.05) is 19.9 Å². The summed E-state index contributed by atoms with van der Waals surface area (Å²) in [5, 5.41) is 7.77. The summed E-state index contributed by atoms with van der Waals surface area (Å²) in [6.45, 7) is 8.19. The van der Waals surface area contributed by atoms with E-state index in [1.165, 1.54) is 0 Å². The lowest BCUT2D eigenvalue weighted by atomic mass is 10.1. The number of nitrogens with zero attached hydrogens (tertiary/aromatic N) is 2. The van der Waals surface area contributed by atoms with Gasteiger partial charge >= 0.3 is 0 Å². The van der Waals surface area contributed by atoms with Crippen molar-refractivity contribution in [2.75, 3.05) is 0 Å². The van der Waals surface area contributed by atoms with Gasteiger partial charge in [-0.1, -0.05) is 13.8 Å². The largest absolute Gasteiger partial charge is 0.474 e. The first-order chi connectivity index (χ1) is 6.09. The van der Waals surface area contributed by atoms with Gasteiger partial charge in [0.15, 0.2) is 0 Å². The van der Waals surface area contributed by atoms with Crippen molar-refractivity contribution in [2.24, 2.45) is 0 Å². The average Bonchev–Trinajstić information content (AvgIpc) is 2.03. The molecule has 0 saturated heterocycles. The van der Waals surface area contributed by atoms with E-state index in [2.05, 4.69) is 24.0 Å². The van der Waals surface area contributed by atoms with Crippen LogP contribution in [-0.4, -0.2) is 16.3 Å². The van der Waals surface area contributed by atoms with Gasteiger partial charge < -0.3 is 4.74 Å². The molecule has 0 saturated carbocycles. The van der Waals surface area contributed by atoms with Crippen molar-refractivity contribution in [3.8, 4) is 5.88 Å². The Hall–Kier alpha value is -1.12. The Labute approximate surface area is 79.1 Å². The quantitative estimate of drug-likeness (QED) is 0.716. The Balaban J connectivity index is 2.79. The third-order valence-corrected chi connectivity index (χ3v) is 1.68. The van der Waals surface area contributed by atoms with E-state index in [0.717, 1.165) is 5.56 Å². The summed E-state index contributed by atoms with van der Waals surface area (Å²) in [5.74, 6) is 1.08. The zero-order valence-electron chi connectivity index (χ0n) is 8.61. The monoisotopic (exact) mass is 180 g/mol. The SMILES string of the molecule is CC(C)Oc1cc(C(C)C)cnn1. The highest BCUT2D eigenvalue weighted by molar-refractivity contribution is 5.19. The second kappa shape index (κ2) is 4.21. The Kier molecular flexibility index (Phi) is 3.23. The summed E-state index contributed by atoms with van der Waals surface area (Å²) in [7, 11) is 0. The maximum Gasteiger partial charge on any atom is 0.233 e. The molecule has 1 aromatic rings. The summed E-state index contributed by atoms with van der Waals surface area (Å²) >= 11 is 0. The highest BCUT2D eigenvalue weighted by Crippen LogP contribution is 2.16. The number of ether oxygens (including phenoxy) is 1. The highest BCUT2D eigenvalue weighted by Gasteiger charge is 2.04. The minimum atomic E-state index is 0.150. The van der Waals surface area contributed by atoms with Crippen molar-refractivity contribution >= 4 is 0 Å². The van der Waals surface area contributed by atoms with Gasteiger partial charge in [-0.05, 0) is 25.3 Å². The fourth-order valence-corrected chi connectivity index (χ4v) is 0.976. The van der Waals surface area contributed by atoms with Gasteiger partial charge in [0.25, 0.3) is 0 Å². The van der Waals surface area contributed by atoms with Gasteiger partial charge in [0.1, 0.15) is 0 Å². The minimum absolute atomic E-state index is 0.150. The van der Waals surface area contributed by atoms with Crippen molar-refractivity contribution in [1.29, 1.82) is 0 Å². The Morgan fingerprint density at radius 3 is 2.46 bits per heavy atom. The van der Waals surface area contributed by atoms with Crippen LogP contribution in [0, 0.1) is 0 Å². The van der Waals surface area contributed by atoms with Gasteiger partial charge in [-0.2, -0.15) is 5.10 Å². The van der Waals surface area contributed by atoms with Gasteiger partial charge in [0.2, 0.25) is 5.88 Å². The van der Waals surface area contributed by atoms with Gasteiger partial charge in [0, 0.05) is 6.07 Å². The first-order valence-electron chi connectivity index (χ1n) is 4.59. The number of hydrogen-bond acceptors (Lipinski definition) is 3. The van der Waals surface area contributed by atoms with Gasteiger partial charge in [-0.25, -0.2) is 0 Å². The van der Waals surface area contributed by atoms with Crippen LogP contribution >= 0.6 is 0 Å². The molecule has 0 bridgehead atoms. The molecule has 0 amide bonds. The molecule has 0 aliphatic carbocycles. The van der Waals surface area contributed by atoms with Crippen molar-refractivity contribution in [2.45, 2.75) is 39.7 Å². The Morgan fingerprint density at radius 1 is 1.23 bits per heavy atom. The summed E-state index contributed by atoms with van der Waals surface area (Å²) < 4.78 is 5.43. The van der Waals surface area contributed by atoms with Crippen LogP contribution in [-0.2, 0) is 0 Å². The Bertz CT molecular complexity index is 271. The molecule has 0 aliphatic heterocycles. The molecule has 3 nitrogen and oxygen atoms in total. The molecular weight excluding hydrogens is 164 g/mol. The van der Waals surface area contributed by atoms with Gasteiger partial charge in [0.05, 0.1) is 12.3 Å². The molecular formula is C10H16N2O. The maximum absolute atomic E-state index is 5.43. The van der Waals surface area contributed by atoms with Crippen molar-refractivity contribution in [3.63, 3.8) is 0 Å². The highest BCUT2D eigenvalue weighted by atomic mass is 16.5. The van der Waals surface area contributed by atoms with Crippen LogP contribution < -0.4 is 4.74 Å². The first kappa shape index (κ1) is 9.96. The lowest BCUT2D eigenvalue weighted by Gasteiger charge is -2.09. The molecule has 3 heteroatoms. The summed E-state index contributed by atoms with van der Waals surface area (Å²) in [4.78, 5) is 0. The van der Waals surface area contributed by atoms with E-state index >= 15 is 0 Å². The van der Waals surface area contributed by atoms with Crippen LogP contribution in [0.15, 0.2) is 12.3 Å². The zero-order valence-corrected chi connectivity index (χ0v) is 8.61. The molecule has 0 N–H and O–H groups in total. The molecule has 72 valence electrons. The predicted octanol–water partition coefficient (Wildman–Crippen LogP) is 2.39. The van der Waals surface area contributed by atoms with Crippen LogP contribution in [0.25, 0.3) is 0 Å². The van der Waals surface area contributed by atoms with Crippen LogP contribution in [0.4, 0.5) is 0 Å². The van der Waals surface area contributed by atoms with E-state index in [4.69, 9.17) is 4.74 Å². The van der Waals surface area contributed by atoms with E-state index < -0.39 is 0 Å². The predicted molar refractivity (Wildman–Crippen MR) is 51.9 cm³/mol. The normalized spacial score (nSPS) is 10.9. The number of hydrogen-bond donors (Lipinski definition) is 0. The van der Waals surface area contributed by atoms with Crippen LogP contribution in [0.3, 0.4) is 0 Å². The molecule has 0 fully saturated rings. The minimum Gasteiger partial charge on any atom is -0.474 e. The summed E-state index contributed by atoms with van der Waals surface area (Å²) in [5.41, 5.74) is 1.16. The van der Waals surface area contributed by atoms with Crippen molar-refractivity contribution in [1.82, 2.24) is 10.2 Å². The van der Waals surface area contributed by atoms with E-state index in [0.29, 0.717) is 11.8 Å². The van der Waals surface area contributed by atoms with Crippen molar-refractivity contribution in [3.05, 3.63) is 17.8 Å². The fraction of sp³-hybridized carbons (Fsp3) is 0.600. The number of aromatic nitrogens is 2. The lowest BCUT2D eigenvalue weighted by molar-refractivity contribution is 0.229. The molecule has 0 spiro atoms. The van der Waals surface area contributed by atoms with Crippen LogP contribution in [0.1, 0.15) is 39.2 Å². The zero-order chi connectivity index (χ0) is 9.84. The average molecular weight is 180 g/mol.